The molecule has 3 atom stereocenters. The molecule has 0 spiro atoms. The molecule has 1 fully saturated rings. The second-order valence-electron chi connectivity index (χ2n) is 9.80. The van der Waals surface area contributed by atoms with Crippen molar-refractivity contribution in [3.63, 3.8) is 0 Å². The molecule has 4 nitrogen and oxygen atoms in total. The van der Waals surface area contributed by atoms with Crippen molar-refractivity contribution in [2.45, 2.75) is 56.0 Å². The summed E-state index contributed by atoms with van der Waals surface area (Å²) in [6, 6.07) is 7.43. The van der Waals surface area contributed by atoms with E-state index in [2.05, 4.69) is 40.8 Å². The number of rotatable bonds is 4. The van der Waals surface area contributed by atoms with E-state index >= 15 is 4.39 Å². The molecule has 35 heavy (non-hydrogen) atoms. The second-order valence-corrected chi connectivity index (χ2v) is 10.7. The predicted molar refractivity (Wildman–Crippen MR) is 137 cm³/mol. The first kappa shape index (κ1) is 24.1. The highest BCUT2D eigenvalue weighted by Gasteiger charge is 2.34. The Hall–Kier alpha value is -2.64. The number of fused-ring (bicyclic) bond motifs is 1. The Labute approximate surface area is 209 Å². The topological polar surface area (TPSA) is 52.6 Å². The third kappa shape index (κ3) is 4.89. The van der Waals surface area contributed by atoms with E-state index in [1.54, 1.807) is 12.1 Å². The highest BCUT2D eigenvalue weighted by molar-refractivity contribution is 7.97. The van der Waals surface area contributed by atoms with Crippen LogP contribution in [0.5, 0.6) is 0 Å². The van der Waals surface area contributed by atoms with Crippen LogP contribution >= 0.6 is 11.9 Å². The van der Waals surface area contributed by atoms with Gasteiger partial charge >= 0.3 is 5.97 Å². The Morgan fingerprint density at radius 1 is 1.06 bits per heavy atom. The van der Waals surface area contributed by atoms with E-state index in [0.717, 1.165) is 23.2 Å². The highest BCUT2D eigenvalue weighted by Crippen LogP contribution is 2.42. The summed E-state index contributed by atoms with van der Waals surface area (Å²) in [5, 5.41) is 9.33. The Morgan fingerprint density at radius 3 is 2.57 bits per heavy atom. The van der Waals surface area contributed by atoms with Crippen molar-refractivity contribution in [1.82, 2.24) is 4.72 Å². The van der Waals surface area contributed by atoms with E-state index in [-0.39, 0.29) is 23.6 Å². The number of benzene rings is 2. The largest absolute Gasteiger partial charge is 0.478 e. The maximum atomic E-state index is 15.6. The minimum Gasteiger partial charge on any atom is -0.478 e. The third-order valence-corrected chi connectivity index (χ3v) is 8.50. The van der Waals surface area contributed by atoms with Crippen molar-refractivity contribution >= 4 is 23.6 Å². The Morgan fingerprint density at radius 2 is 1.83 bits per heavy atom. The molecule has 2 aromatic rings. The molecule has 3 aliphatic rings. The number of carboxylic acid groups (broad SMARTS) is 1. The van der Waals surface area contributed by atoms with Gasteiger partial charge in [0.1, 0.15) is 11.6 Å². The number of hydrogen-bond donors (Lipinski definition) is 2. The van der Waals surface area contributed by atoms with Gasteiger partial charge in [0.05, 0.1) is 17.3 Å². The van der Waals surface area contributed by atoms with Gasteiger partial charge in [-0.25, -0.2) is 13.6 Å². The van der Waals surface area contributed by atoms with Crippen molar-refractivity contribution in [3.05, 3.63) is 71.8 Å². The summed E-state index contributed by atoms with van der Waals surface area (Å²) < 4.78 is 33.2. The Kier molecular flexibility index (Phi) is 6.98. The van der Waals surface area contributed by atoms with Gasteiger partial charge in [-0.2, -0.15) is 0 Å². The van der Waals surface area contributed by atoms with E-state index in [1.807, 2.05) is 0 Å². The molecule has 2 aliphatic carbocycles. The lowest BCUT2D eigenvalue weighted by Gasteiger charge is -2.39. The molecule has 0 aromatic heterocycles. The Balaban J connectivity index is 1.56. The lowest BCUT2D eigenvalue weighted by molar-refractivity contribution is 0.0692. The number of nitrogens with one attached hydrogen (secondary N) is 1. The summed E-state index contributed by atoms with van der Waals surface area (Å²) in [4.78, 5) is 14.6. The van der Waals surface area contributed by atoms with Gasteiger partial charge in [-0.3, -0.25) is 4.72 Å². The molecule has 2 N–H and O–H groups in total. The molecule has 2 aromatic carbocycles. The minimum atomic E-state index is -1.37. The average Bonchev–Trinajstić information content (AvgIpc) is 3.04. The number of anilines is 1. The second kappa shape index (κ2) is 10.2. The molecule has 3 unspecified atom stereocenters. The number of nitrogens with zero attached hydrogens (tertiary/aromatic N) is 1. The van der Waals surface area contributed by atoms with Gasteiger partial charge in [0, 0.05) is 23.0 Å². The maximum Gasteiger partial charge on any atom is 0.338 e. The van der Waals surface area contributed by atoms with Crippen LogP contribution in [0.1, 0.15) is 49.4 Å². The van der Waals surface area contributed by atoms with Crippen LogP contribution in [0.25, 0.3) is 11.1 Å². The van der Waals surface area contributed by atoms with Crippen molar-refractivity contribution in [2.75, 3.05) is 11.4 Å². The summed E-state index contributed by atoms with van der Waals surface area (Å²) in [5.41, 5.74) is 0.982. The number of carbonyl (C=O) groups is 1. The first-order valence-electron chi connectivity index (χ1n) is 12.3. The maximum absolute atomic E-state index is 15.6. The molecule has 0 saturated heterocycles. The summed E-state index contributed by atoms with van der Waals surface area (Å²) in [6.07, 6.45) is 14.7. The summed E-state index contributed by atoms with van der Waals surface area (Å²) in [7, 11) is 0. The van der Waals surface area contributed by atoms with Crippen LogP contribution < -0.4 is 9.62 Å². The van der Waals surface area contributed by atoms with Crippen LogP contribution in [-0.2, 0) is 0 Å². The first-order valence-corrected chi connectivity index (χ1v) is 13.1. The third-order valence-electron chi connectivity index (χ3n) is 7.53. The van der Waals surface area contributed by atoms with E-state index < -0.39 is 23.2 Å². The summed E-state index contributed by atoms with van der Waals surface area (Å²) in [5.74, 6) is -1.80. The summed E-state index contributed by atoms with van der Waals surface area (Å²) >= 11 is 1.52. The molecule has 0 amide bonds. The van der Waals surface area contributed by atoms with Crippen LogP contribution in [0, 0.1) is 23.5 Å². The first-order chi connectivity index (χ1) is 16.9. The predicted octanol–water partition coefficient (Wildman–Crippen LogP) is 6.83. The van der Waals surface area contributed by atoms with Gasteiger partial charge in [0.25, 0.3) is 0 Å². The van der Waals surface area contributed by atoms with Crippen LogP contribution in [0.2, 0.25) is 0 Å². The molecule has 1 heterocycles. The minimum absolute atomic E-state index is 0.111. The molecular weight excluding hydrogens is 466 g/mol. The molecule has 0 bridgehead atoms. The van der Waals surface area contributed by atoms with Crippen molar-refractivity contribution in [1.29, 1.82) is 0 Å². The average molecular weight is 497 g/mol. The van der Waals surface area contributed by atoms with Crippen LogP contribution in [-0.4, -0.2) is 29.7 Å². The molecular formula is C28H30F2N2O2S. The van der Waals surface area contributed by atoms with Gasteiger partial charge in [-0.1, -0.05) is 56.6 Å². The zero-order valence-corrected chi connectivity index (χ0v) is 20.5. The number of allylic oxidation sites excluding steroid dienone is 2. The normalized spacial score (nSPS) is 24.8. The molecule has 7 heteroatoms. The van der Waals surface area contributed by atoms with E-state index in [1.165, 1.54) is 56.2 Å². The van der Waals surface area contributed by atoms with Crippen molar-refractivity contribution in [3.8, 4) is 11.1 Å². The number of hydrogen-bond acceptors (Lipinski definition) is 4. The van der Waals surface area contributed by atoms with Gasteiger partial charge in [-0.05, 0) is 66.5 Å². The number of carboxylic acids is 1. The molecule has 5 rings (SSSR count). The lowest BCUT2D eigenvalue weighted by Crippen LogP contribution is -2.48. The van der Waals surface area contributed by atoms with Crippen LogP contribution in [0.15, 0.2) is 59.5 Å². The zero-order chi connectivity index (χ0) is 24.5. The van der Waals surface area contributed by atoms with Crippen LogP contribution in [0.4, 0.5) is 14.5 Å². The Bertz CT molecular complexity index is 1180. The highest BCUT2D eigenvalue weighted by atomic mass is 32.2. The van der Waals surface area contributed by atoms with E-state index in [0.29, 0.717) is 11.5 Å². The molecule has 0 radical (unpaired) electrons. The molecule has 1 aliphatic heterocycles. The lowest BCUT2D eigenvalue weighted by atomic mass is 9.83. The fraction of sp³-hybridized carbons (Fsp3) is 0.393. The quantitative estimate of drug-likeness (QED) is 0.455. The monoisotopic (exact) mass is 496 g/mol. The summed E-state index contributed by atoms with van der Waals surface area (Å²) in [6.45, 7) is 2.97. The van der Waals surface area contributed by atoms with Crippen LogP contribution in [0.3, 0.4) is 0 Å². The number of halogens is 2. The van der Waals surface area contributed by atoms with Gasteiger partial charge in [0.15, 0.2) is 0 Å². The van der Waals surface area contributed by atoms with E-state index in [4.69, 9.17) is 0 Å². The van der Waals surface area contributed by atoms with Crippen molar-refractivity contribution < 1.29 is 18.7 Å². The smallest absolute Gasteiger partial charge is 0.338 e. The SMILES string of the molecule is CC1C=CC=CC1N1CC(C2CCCCC2)NSc2cc(-c3ccc(F)c(C(=O)O)c3)c(F)cc21. The van der Waals surface area contributed by atoms with Gasteiger partial charge in [-0.15, -0.1) is 0 Å². The molecule has 184 valence electrons. The zero-order valence-electron chi connectivity index (χ0n) is 19.7. The van der Waals surface area contributed by atoms with Gasteiger partial charge in [0.2, 0.25) is 0 Å². The standard InChI is InChI=1S/C28H30F2N2O2S/c1-17-7-5-6-10-25(17)32-16-24(18-8-3-2-4-9-18)31-35-27-14-20(23(30)15-26(27)32)19-11-12-22(29)21(13-19)28(33)34/h5-7,10-15,17-18,24-25,31H,2-4,8-9,16H2,1H3,(H,33,34). The van der Waals surface area contributed by atoms with E-state index in [9.17, 15) is 14.3 Å². The fourth-order valence-corrected chi connectivity index (χ4v) is 6.57. The fourth-order valence-electron chi connectivity index (χ4n) is 5.57. The molecule has 1 saturated carbocycles. The van der Waals surface area contributed by atoms with Crippen molar-refractivity contribution in [2.24, 2.45) is 11.8 Å². The number of aromatic carboxylic acids is 1. The van der Waals surface area contributed by atoms with Gasteiger partial charge < -0.3 is 10.0 Å².